The van der Waals surface area contributed by atoms with Crippen molar-refractivity contribution in [3.8, 4) is 0 Å². The van der Waals surface area contributed by atoms with Crippen LogP contribution in [-0.2, 0) is 7.05 Å². The van der Waals surface area contributed by atoms with E-state index in [-0.39, 0.29) is 0 Å². The summed E-state index contributed by atoms with van der Waals surface area (Å²) >= 11 is 0. The molecule has 6 heteroatoms. The topological polar surface area (TPSA) is 50.1 Å². The van der Waals surface area contributed by atoms with Crippen LogP contribution in [0.25, 0.3) is 11.0 Å². The van der Waals surface area contributed by atoms with E-state index in [1.54, 1.807) is 0 Å². The van der Waals surface area contributed by atoms with Crippen LogP contribution in [0.4, 0.5) is 11.8 Å². The van der Waals surface area contributed by atoms with Crippen LogP contribution in [0.15, 0.2) is 6.20 Å². The first-order valence-corrected chi connectivity index (χ1v) is 7.52. The van der Waals surface area contributed by atoms with E-state index in [9.17, 15) is 0 Å². The van der Waals surface area contributed by atoms with E-state index in [1.165, 1.54) is 25.7 Å². The maximum absolute atomic E-state index is 4.87. The van der Waals surface area contributed by atoms with Crippen molar-refractivity contribution in [1.29, 1.82) is 0 Å². The van der Waals surface area contributed by atoms with Gasteiger partial charge in [0, 0.05) is 33.2 Å². The van der Waals surface area contributed by atoms with Crippen molar-refractivity contribution in [1.82, 2.24) is 19.7 Å². The monoisotopic (exact) mass is 272 g/mol. The molecule has 0 aliphatic carbocycles. The van der Waals surface area contributed by atoms with Crippen molar-refractivity contribution in [3.05, 3.63) is 6.20 Å². The lowest BCUT2D eigenvalue weighted by molar-refractivity contribution is 0.781. The molecule has 6 nitrogen and oxygen atoms in total. The Hall–Kier alpha value is -1.85. The molecule has 0 N–H and O–H groups in total. The maximum atomic E-state index is 4.87. The fourth-order valence-electron chi connectivity index (χ4n) is 3.22. The molecule has 4 heterocycles. The van der Waals surface area contributed by atoms with Crippen LogP contribution in [-0.4, -0.2) is 45.9 Å². The summed E-state index contributed by atoms with van der Waals surface area (Å²) in [5.74, 6) is 1.95. The average molecular weight is 272 g/mol. The maximum Gasteiger partial charge on any atom is 0.229 e. The summed E-state index contributed by atoms with van der Waals surface area (Å²) in [4.78, 5) is 14.3. The molecule has 0 radical (unpaired) electrons. The fourth-order valence-corrected chi connectivity index (χ4v) is 3.22. The summed E-state index contributed by atoms with van der Waals surface area (Å²) in [6.45, 7) is 4.34. The molecule has 0 unspecified atom stereocenters. The molecule has 4 rings (SSSR count). The second-order valence-electron chi connectivity index (χ2n) is 5.74. The smallest absolute Gasteiger partial charge is 0.229 e. The van der Waals surface area contributed by atoms with Gasteiger partial charge in [0.2, 0.25) is 5.95 Å². The first kappa shape index (κ1) is 11.9. The minimum Gasteiger partial charge on any atom is -0.356 e. The second-order valence-corrected chi connectivity index (χ2v) is 5.74. The van der Waals surface area contributed by atoms with Gasteiger partial charge in [-0.15, -0.1) is 0 Å². The molecule has 2 fully saturated rings. The molecular weight excluding hydrogens is 252 g/mol. The minimum atomic E-state index is 0.875. The van der Waals surface area contributed by atoms with Gasteiger partial charge in [0.25, 0.3) is 0 Å². The van der Waals surface area contributed by atoms with E-state index in [0.29, 0.717) is 0 Å². The molecule has 0 aromatic carbocycles. The van der Waals surface area contributed by atoms with E-state index in [0.717, 1.165) is 49.0 Å². The summed E-state index contributed by atoms with van der Waals surface area (Å²) in [7, 11) is 1.96. The highest BCUT2D eigenvalue weighted by molar-refractivity contribution is 5.88. The van der Waals surface area contributed by atoms with E-state index in [4.69, 9.17) is 9.97 Å². The van der Waals surface area contributed by atoms with Crippen molar-refractivity contribution in [2.45, 2.75) is 25.7 Å². The lowest BCUT2D eigenvalue weighted by atomic mass is 10.3. The number of fused-ring (bicyclic) bond motifs is 1. The number of aryl methyl sites for hydroxylation is 1. The minimum absolute atomic E-state index is 0.875. The van der Waals surface area contributed by atoms with E-state index in [2.05, 4.69) is 14.9 Å². The second kappa shape index (κ2) is 4.61. The summed E-state index contributed by atoms with van der Waals surface area (Å²) in [6, 6.07) is 0. The van der Waals surface area contributed by atoms with Crippen LogP contribution in [0.2, 0.25) is 0 Å². The predicted octanol–water partition coefficient (Wildman–Crippen LogP) is 1.56. The van der Waals surface area contributed by atoms with Gasteiger partial charge in [-0.25, -0.2) is 0 Å². The Morgan fingerprint density at radius 1 is 0.900 bits per heavy atom. The SMILES string of the molecule is Cn1ncc2c(N3CCCC3)nc(N3CCCC3)nc21. The molecule has 0 atom stereocenters. The number of aromatic nitrogens is 4. The predicted molar refractivity (Wildman–Crippen MR) is 79.2 cm³/mol. The van der Waals surface area contributed by atoms with Crippen molar-refractivity contribution < 1.29 is 0 Å². The molecule has 2 aliphatic rings. The summed E-state index contributed by atoms with van der Waals surface area (Å²) in [6.07, 6.45) is 6.89. The van der Waals surface area contributed by atoms with Gasteiger partial charge >= 0.3 is 0 Å². The van der Waals surface area contributed by atoms with Crippen molar-refractivity contribution in [3.63, 3.8) is 0 Å². The molecule has 20 heavy (non-hydrogen) atoms. The number of rotatable bonds is 2. The van der Waals surface area contributed by atoms with Crippen LogP contribution in [0.5, 0.6) is 0 Å². The Bertz CT molecular complexity index is 622. The molecule has 2 aromatic rings. The Morgan fingerprint density at radius 3 is 2.25 bits per heavy atom. The van der Waals surface area contributed by atoms with E-state index in [1.807, 2.05) is 17.9 Å². The van der Waals surface area contributed by atoms with Gasteiger partial charge in [-0.1, -0.05) is 0 Å². The lowest BCUT2D eigenvalue weighted by Crippen LogP contribution is -2.24. The van der Waals surface area contributed by atoms with Gasteiger partial charge in [-0.3, -0.25) is 4.68 Å². The lowest BCUT2D eigenvalue weighted by Gasteiger charge is -2.21. The fraction of sp³-hybridized carbons (Fsp3) is 0.643. The average Bonchev–Trinajstić information content (AvgIpc) is 3.20. The molecule has 106 valence electrons. The number of nitrogens with zero attached hydrogens (tertiary/aromatic N) is 6. The molecule has 0 spiro atoms. The quantitative estimate of drug-likeness (QED) is 0.830. The zero-order chi connectivity index (χ0) is 13.5. The van der Waals surface area contributed by atoms with Gasteiger partial charge in [0.05, 0.1) is 11.6 Å². The molecular formula is C14H20N6. The van der Waals surface area contributed by atoms with Gasteiger partial charge in [-0.2, -0.15) is 15.1 Å². The van der Waals surface area contributed by atoms with Crippen molar-refractivity contribution >= 4 is 22.8 Å². The van der Waals surface area contributed by atoms with Gasteiger partial charge in [0.15, 0.2) is 5.65 Å². The largest absolute Gasteiger partial charge is 0.356 e. The molecule has 0 saturated carbocycles. The molecule has 2 saturated heterocycles. The van der Waals surface area contributed by atoms with E-state index >= 15 is 0 Å². The third-order valence-electron chi connectivity index (χ3n) is 4.35. The van der Waals surface area contributed by atoms with Crippen LogP contribution >= 0.6 is 0 Å². The van der Waals surface area contributed by atoms with Crippen molar-refractivity contribution in [2.75, 3.05) is 36.0 Å². The molecule has 2 aliphatic heterocycles. The van der Waals surface area contributed by atoms with Crippen LogP contribution in [0, 0.1) is 0 Å². The Kier molecular flexibility index (Phi) is 2.75. The van der Waals surface area contributed by atoms with Crippen LogP contribution in [0.1, 0.15) is 25.7 Å². The van der Waals surface area contributed by atoms with Crippen molar-refractivity contribution in [2.24, 2.45) is 7.05 Å². The Labute approximate surface area is 118 Å². The molecule has 2 aromatic heterocycles. The zero-order valence-electron chi connectivity index (χ0n) is 11.9. The van der Waals surface area contributed by atoms with E-state index < -0.39 is 0 Å². The van der Waals surface area contributed by atoms with Crippen LogP contribution < -0.4 is 9.80 Å². The summed E-state index contributed by atoms with van der Waals surface area (Å²) < 4.78 is 1.86. The molecule has 0 amide bonds. The number of anilines is 2. The third kappa shape index (κ3) is 1.82. The summed E-state index contributed by atoms with van der Waals surface area (Å²) in [5.41, 5.74) is 0.948. The normalized spacial score (nSPS) is 19.4. The third-order valence-corrected chi connectivity index (χ3v) is 4.35. The Balaban J connectivity index is 1.85. The van der Waals surface area contributed by atoms with Crippen LogP contribution in [0.3, 0.4) is 0 Å². The Morgan fingerprint density at radius 2 is 1.55 bits per heavy atom. The standard InChI is InChI=1S/C14H20N6/c1-18-12-11(10-15-18)13(19-6-2-3-7-19)17-14(16-12)20-8-4-5-9-20/h10H,2-9H2,1H3. The zero-order valence-corrected chi connectivity index (χ0v) is 11.9. The highest BCUT2D eigenvalue weighted by Crippen LogP contribution is 2.29. The summed E-state index contributed by atoms with van der Waals surface area (Å²) in [5, 5.41) is 5.45. The number of hydrogen-bond donors (Lipinski definition) is 0. The first-order chi connectivity index (χ1) is 9.83. The highest BCUT2D eigenvalue weighted by atomic mass is 15.3. The highest BCUT2D eigenvalue weighted by Gasteiger charge is 2.23. The van der Waals surface area contributed by atoms with Gasteiger partial charge in [0.1, 0.15) is 5.82 Å². The molecule has 0 bridgehead atoms. The first-order valence-electron chi connectivity index (χ1n) is 7.52. The van der Waals surface area contributed by atoms with Gasteiger partial charge in [-0.05, 0) is 25.7 Å². The number of hydrogen-bond acceptors (Lipinski definition) is 5. The van der Waals surface area contributed by atoms with Gasteiger partial charge < -0.3 is 9.80 Å².